The summed E-state index contributed by atoms with van der Waals surface area (Å²) in [5, 5.41) is 14.1. The summed E-state index contributed by atoms with van der Waals surface area (Å²) in [5.74, 6) is -0.329. The highest BCUT2D eigenvalue weighted by Crippen LogP contribution is 2.25. The molecule has 0 radical (unpaired) electrons. The normalized spacial score (nSPS) is 11.3. The molecule has 0 fully saturated rings. The molecule has 0 bridgehead atoms. The molecule has 0 spiro atoms. The molecular weight excluding hydrogens is 244 g/mol. The summed E-state index contributed by atoms with van der Waals surface area (Å²) < 4.78 is 1.58. The fourth-order valence-electron chi connectivity index (χ4n) is 2.28. The number of rotatable bonds is 5. The van der Waals surface area contributed by atoms with Crippen LogP contribution in [-0.2, 0) is 6.42 Å². The molecule has 2 aromatic rings. The first kappa shape index (κ1) is 13.3. The van der Waals surface area contributed by atoms with E-state index >= 15 is 0 Å². The first-order valence-electron chi connectivity index (χ1n) is 6.42. The van der Waals surface area contributed by atoms with Crippen molar-refractivity contribution < 1.29 is 9.90 Å². The van der Waals surface area contributed by atoms with E-state index in [1.54, 1.807) is 10.6 Å². The van der Waals surface area contributed by atoms with Gasteiger partial charge in [-0.15, -0.1) is 0 Å². The van der Waals surface area contributed by atoms with E-state index in [0.717, 1.165) is 25.0 Å². The van der Waals surface area contributed by atoms with Gasteiger partial charge in [-0.3, -0.25) is 4.79 Å². The molecule has 0 aliphatic carbocycles. The van der Waals surface area contributed by atoms with Crippen LogP contribution in [-0.4, -0.2) is 25.6 Å². The van der Waals surface area contributed by atoms with Gasteiger partial charge in [0.1, 0.15) is 17.6 Å². The highest BCUT2D eigenvalue weighted by atomic mass is 16.3. The molecule has 0 atom stereocenters. The summed E-state index contributed by atoms with van der Waals surface area (Å²) in [6, 6.07) is 1.56. The average molecular weight is 262 g/mol. The summed E-state index contributed by atoms with van der Waals surface area (Å²) in [6.07, 6.45) is 4.23. The lowest BCUT2D eigenvalue weighted by Gasteiger charge is -2.14. The van der Waals surface area contributed by atoms with Crippen molar-refractivity contribution in [1.82, 2.24) is 14.6 Å². The summed E-state index contributed by atoms with van der Waals surface area (Å²) in [4.78, 5) is 15.4. The lowest BCUT2D eigenvalue weighted by Crippen LogP contribution is -2.15. The van der Waals surface area contributed by atoms with Crippen LogP contribution in [0.1, 0.15) is 42.7 Å². The van der Waals surface area contributed by atoms with Crippen molar-refractivity contribution in [2.75, 3.05) is 0 Å². The third-order valence-corrected chi connectivity index (χ3v) is 3.50. The second kappa shape index (κ2) is 5.26. The van der Waals surface area contributed by atoms with E-state index in [0.29, 0.717) is 11.6 Å². The van der Waals surface area contributed by atoms with Gasteiger partial charge >= 0.3 is 0 Å². The fraction of sp³-hybridized carbons (Fsp3) is 0.462. The number of hydrogen-bond donors (Lipinski definition) is 2. The molecule has 2 rings (SSSR count). The average Bonchev–Trinajstić information content (AvgIpc) is 2.83. The van der Waals surface area contributed by atoms with Crippen LogP contribution in [0.2, 0.25) is 0 Å². The Morgan fingerprint density at radius 1 is 1.47 bits per heavy atom. The Morgan fingerprint density at radius 2 is 2.16 bits per heavy atom. The monoisotopic (exact) mass is 262 g/mol. The van der Waals surface area contributed by atoms with Gasteiger partial charge in [-0.2, -0.15) is 5.10 Å². The first-order valence-corrected chi connectivity index (χ1v) is 6.42. The highest BCUT2D eigenvalue weighted by molar-refractivity contribution is 6.01. The zero-order valence-electron chi connectivity index (χ0n) is 11.1. The first-order chi connectivity index (χ1) is 9.08. The van der Waals surface area contributed by atoms with Crippen LogP contribution in [0.3, 0.4) is 0 Å². The molecule has 0 saturated carbocycles. The van der Waals surface area contributed by atoms with Gasteiger partial charge in [0.15, 0.2) is 5.65 Å². The summed E-state index contributed by atoms with van der Waals surface area (Å²) in [7, 11) is 0. The minimum absolute atomic E-state index is 0.0193. The van der Waals surface area contributed by atoms with E-state index in [9.17, 15) is 9.90 Å². The number of carbonyl (C=O) groups excluding carboxylic acids is 1. The van der Waals surface area contributed by atoms with Gasteiger partial charge in [0.05, 0.1) is 0 Å². The van der Waals surface area contributed by atoms with Crippen molar-refractivity contribution in [2.45, 2.75) is 33.1 Å². The van der Waals surface area contributed by atoms with Crippen LogP contribution < -0.4 is 5.73 Å². The molecule has 3 N–H and O–H groups in total. The summed E-state index contributed by atoms with van der Waals surface area (Å²) in [6.45, 7) is 4.26. The molecule has 0 aromatic carbocycles. The van der Waals surface area contributed by atoms with E-state index in [4.69, 9.17) is 5.73 Å². The zero-order valence-corrected chi connectivity index (χ0v) is 11.1. The van der Waals surface area contributed by atoms with Crippen LogP contribution in [0.25, 0.3) is 5.65 Å². The number of aromatic hydroxyl groups is 1. The molecule has 0 aliphatic heterocycles. The van der Waals surface area contributed by atoms with E-state index < -0.39 is 5.91 Å². The van der Waals surface area contributed by atoms with Crippen LogP contribution in [0.4, 0.5) is 0 Å². The predicted octanol–water partition coefficient (Wildman–Crippen LogP) is 1.51. The minimum atomic E-state index is -0.704. The molecule has 102 valence electrons. The summed E-state index contributed by atoms with van der Waals surface area (Å²) in [5.41, 5.74) is 6.43. The lowest BCUT2D eigenvalue weighted by atomic mass is 9.97. The number of aromatic nitrogens is 3. The van der Waals surface area contributed by atoms with Crippen molar-refractivity contribution in [2.24, 2.45) is 11.7 Å². The van der Waals surface area contributed by atoms with Gasteiger partial charge in [-0.25, -0.2) is 9.50 Å². The number of pyridine rings is 1. The Morgan fingerprint density at radius 3 is 2.74 bits per heavy atom. The quantitative estimate of drug-likeness (QED) is 0.854. The van der Waals surface area contributed by atoms with E-state index in [-0.39, 0.29) is 11.3 Å². The highest BCUT2D eigenvalue weighted by Gasteiger charge is 2.19. The Bertz CT molecular complexity index is 602. The Balaban J connectivity index is 2.55. The third kappa shape index (κ3) is 2.38. The number of carbonyl (C=O) groups is 1. The maximum atomic E-state index is 11.4. The molecular formula is C13H18N4O2. The number of fused-ring (bicyclic) bond motifs is 1. The maximum absolute atomic E-state index is 11.4. The molecule has 6 heteroatoms. The second-order valence-corrected chi connectivity index (χ2v) is 4.64. The van der Waals surface area contributed by atoms with Gasteiger partial charge in [0.25, 0.3) is 5.91 Å². The molecule has 0 aliphatic rings. The lowest BCUT2D eigenvalue weighted by molar-refractivity contribution is 0.0999. The predicted molar refractivity (Wildman–Crippen MR) is 70.9 cm³/mol. The molecule has 2 aromatic heterocycles. The smallest absolute Gasteiger partial charge is 0.256 e. The van der Waals surface area contributed by atoms with Gasteiger partial charge in [0, 0.05) is 11.8 Å². The zero-order chi connectivity index (χ0) is 14.0. The molecule has 19 heavy (non-hydrogen) atoms. The minimum Gasteiger partial charge on any atom is -0.507 e. The SMILES string of the molecule is CCC(CC)Cc1cc(O)c(C(N)=O)c2ncnn12. The van der Waals surface area contributed by atoms with Gasteiger partial charge in [0.2, 0.25) is 0 Å². The number of hydrogen-bond acceptors (Lipinski definition) is 4. The largest absolute Gasteiger partial charge is 0.507 e. The molecule has 2 heterocycles. The molecule has 6 nitrogen and oxygen atoms in total. The molecule has 0 unspecified atom stereocenters. The molecule has 0 saturated heterocycles. The van der Waals surface area contributed by atoms with Crippen LogP contribution in [0, 0.1) is 5.92 Å². The van der Waals surface area contributed by atoms with E-state index in [1.165, 1.54) is 6.33 Å². The van der Waals surface area contributed by atoms with Crippen molar-refractivity contribution in [3.8, 4) is 5.75 Å². The number of nitrogens with two attached hydrogens (primary N) is 1. The van der Waals surface area contributed by atoms with Gasteiger partial charge in [-0.05, 0) is 12.3 Å². The standard InChI is InChI=1S/C13H18N4O2/c1-3-8(4-2)5-9-6-10(18)11(12(14)19)13-15-7-16-17(9)13/h6-8,18H,3-5H2,1-2H3,(H2,14,19). The second-order valence-electron chi connectivity index (χ2n) is 4.64. The maximum Gasteiger partial charge on any atom is 0.256 e. The van der Waals surface area contributed by atoms with Crippen molar-refractivity contribution in [3.63, 3.8) is 0 Å². The van der Waals surface area contributed by atoms with Crippen molar-refractivity contribution in [1.29, 1.82) is 0 Å². The molecule has 1 amide bonds. The van der Waals surface area contributed by atoms with Crippen LogP contribution >= 0.6 is 0 Å². The van der Waals surface area contributed by atoms with Crippen molar-refractivity contribution >= 4 is 11.6 Å². The third-order valence-electron chi connectivity index (χ3n) is 3.50. The van der Waals surface area contributed by atoms with Gasteiger partial charge < -0.3 is 10.8 Å². The van der Waals surface area contributed by atoms with E-state index in [2.05, 4.69) is 23.9 Å². The number of nitrogens with zero attached hydrogens (tertiary/aromatic N) is 3. The van der Waals surface area contributed by atoms with E-state index in [1.807, 2.05) is 0 Å². The number of amides is 1. The fourth-order valence-corrected chi connectivity index (χ4v) is 2.28. The van der Waals surface area contributed by atoms with Crippen LogP contribution in [0.5, 0.6) is 5.75 Å². The Hall–Kier alpha value is -2.11. The number of primary amides is 1. The van der Waals surface area contributed by atoms with Crippen molar-refractivity contribution in [3.05, 3.63) is 23.7 Å². The Labute approximate surface area is 111 Å². The van der Waals surface area contributed by atoms with Crippen LogP contribution in [0.15, 0.2) is 12.4 Å². The Kier molecular flexibility index (Phi) is 3.69. The summed E-state index contributed by atoms with van der Waals surface area (Å²) >= 11 is 0. The van der Waals surface area contributed by atoms with Gasteiger partial charge in [-0.1, -0.05) is 26.7 Å². The topological polar surface area (TPSA) is 93.5 Å².